The number of nitrogens with one attached hydrogen (secondary N) is 2. The number of rotatable bonds is 5. The van der Waals surface area contributed by atoms with Crippen LogP contribution >= 0.6 is 0 Å². The topological polar surface area (TPSA) is 41.1 Å². The highest BCUT2D eigenvalue weighted by molar-refractivity contribution is 5.79. The van der Waals surface area contributed by atoms with E-state index in [2.05, 4.69) is 34.9 Å². The maximum atomic E-state index is 12.5. The van der Waals surface area contributed by atoms with Gasteiger partial charge < -0.3 is 10.6 Å². The van der Waals surface area contributed by atoms with E-state index in [9.17, 15) is 4.79 Å². The van der Waals surface area contributed by atoms with Gasteiger partial charge in [-0.05, 0) is 43.8 Å². The molecule has 1 aliphatic heterocycles. The Balaban J connectivity index is 1.64. The van der Waals surface area contributed by atoms with Crippen molar-refractivity contribution in [2.24, 2.45) is 11.8 Å². The van der Waals surface area contributed by atoms with Gasteiger partial charge in [0.2, 0.25) is 5.91 Å². The van der Waals surface area contributed by atoms with Crippen molar-refractivity contribution in [3.05, 3.63) is 35.9 Å². The smallest absolute Gasteiger partial charge is 0.223 e. The van der Waals surface area contributed by atoms with Gasteiger partial charge in [0.1, 0.15) is 0 Å². The molecule has 0 spiro atoms. The van der Waals surface area contributed by atoms with Gasteiger partial charge in [-0.2, -0.15) is 0 Å². The SMILES string of the molecule is O=C(NC(CC1CCC1)c1ccccc1)C1CCNCC1. The van der Waals surface area contributed by atoms with Crippen LogP contribution in [0.3, 0.4) is 0 Å². The van der Waals surface area contributed by atoms with E-state index < -0.39 is 0 Å². The fourth-order valence-corrected chi connectivity index (χ4v) is 3.40. The Labute approximate surface area is 127 Å². The van der Waals surface area contributed by atoms with Gasteiger partial charge >= 0.3 is 0 Å². The average molecular weight is 286 g/mol. The Bertz CT molecular complexity index is 450. The summed E-state index contributed by atoms with van der Waals surface area (Å²) in [4.78, 5) is 12.5. The molecule has 1 amide bonds. The Kier molecular flexibility index (Phi) is 4.91. The number of hydrogen-bond donors (Lipinski definition) is 2. The molecule has 1 saturated carbocycles. The van der Waals surface area contributed by atoms with Crippen LogP contribution in [-0.2, 0) is 4.79 Å². The summed E-state index contributed by atoms with van der Waals surface area (Å²) < 4.78 is 0. The van der Waals surface area contributed by atoms with Crippen LogP contribution in [0.2, 0.25) is 0 Å². The van der Waals surface area contributed by atoms with Crippen LogP contribution in [0.5, 0.6) is 0 Å². The van der Waals surface area contributed by atoms with Crippen molar-refractivity contribution in [1.29, 1.82) is 0 Å². The van der Waals surface area contributed by atoms with E-state index in [4.69, 9.17) is 0 Å². The zero-order valence-electron chi connectivity index (χ0n) is 12.7. The minimum Gasteiger partial charge on any atom is -0.349 e. The molecule has 3 nitrogen and oxygen atoms in total. The Morgan fingerprint density at radius 2 is 1.86 bits per heavy atom. The van der Waals surface area contributed by atoms with E-state index in [1.54, 1.807) is 0 Å². The van der Waals surface area contributed by atoms with Crippen molar-refractivity contribution < 1.29 is 4.79 Å². The van der Waals surface area contributed by atoms with Crippen LogP contribution in [0.1, 0.15) is 50.1 Å². The molecule has 0 radical (unpaired) electrons. The fourth-order valence-electron chi connectivity index (χ4n) is 3.40. The summed E-state index contributed by atoms with van der Waals surface area (Å²) in [5.41, 5.74) is 1.26. The van der Waals surface area contributed by atoms with Gasteiger partial charge in [-0.15, -0.1) is 0 Å². The molecule has 2 fully saturated rings. The predicted octanol–water partition coefficient (Wildman–Crippen LogP) is 3.03. The minimum absolute atomic E-state index is 0.193. The number of carbonyl (C=O) groups excluding carboxylic acids is 1. The van der Waals surface area contributed by atoms with Crippen LogP contribution in [0.25, 0.3) is 0 Å². The Morgan fingerprint density at radius 1 is 1.14 bits per heavy atom. The number of piperidine rings is 1. The second-order valence-electron chi connectivity index (χ2n) is 6.53. The van der Waals surface area contributed by atoms with Gasteiger partial charge in [-0.1, -0.05) is 49.6 Å². The lowest BCUT2D eigenvalue weighted by molar-refractivity contribution is -0.126. The highest BCUT2D eigenvalue weighted by atomic mass is 16.1. The van der Waals surface area contributed by atoms with E-state index in [0.29, 0.717) is 0 Å². The lowest BCUT2D eigenvalue weighted by atomic mass is 9.79. The second-order valence-corrected chi connectivity index (χ2v) is 6.53. The molecular formula is C18H26N2O. The van der Waals surface area contributed by atoms with Crippen LogP contribution in [0, 0.1) is 11.8 Å². The molecular weight excluding hydrogens is 260 g/mol. The van der Waals surface area contributed by atoms with E-state index >= 15 is 0 Å². The molecule has 114 valence electrons. The summed E-state index contributed by atoms with van der Waals surface area (Å²) >= 11 is 0. The van der Waals surface area contributed by atoms with Crippen molar-refractivity contribution >= 4 is 5.91 Å². The molecule has 0 aromatic heterocycles. The highest BCUT2D eigenvalue weighted by Gasteiger charge is 2.27. The third-order valence-corrected chi connectivity index (χ3v) is 5.02. The molecule has 1 atom stereocenters. The highest BCUT2D eigenvalue weighted by Crippen LogP contribution is 2.35. The molecule has 1 aromatic rings. The van der Waals surface area contributed by atoms with Crippen LogP contribution in [0.15, 0.2) is 30.3 Å². The molecule has 1 saturated heterocycles. The number of hydrogen-bond acceptors (Lipinski definition) is 2. The first-order chi connectivity index (χ1) is 10.3. The first-order valence-electron chi connectivity index (χ1n) is 8.39. The molecule has 1 aliphatic carbocycles. The maximum Gasteiger partial charge on any atom is 0.223 e. The van der Waals surface area contributed by atoms with Gasteiger partial charge in [0.15, 0.2) is 0 Å². The number of benzene rings is 1. The Hall–Kier alpha value is -1.35. The van der Waals surface area contributed by atoms with Gasteiger partial charge in [-0.3, -0.25) is 4.79 Å². The van der Waals surface area contributed by atoms with Gasteiger partial charge in [0.25, 0.3) is 0 Å². The monoisotopic (exact) mass is 286 g/mol. The largest absolute Gasteiger partial charge is 0.349 e. The summed E-state index contributed by atoms with van der Waals surface area (Å²) in [7, 11) is 0. The van der Waals surface area contributed by atoms with E-state index in [0.717, 1.165) is 38.3 Å². The Morgan fingerprint density at radius 3 is 2.48 bits per heavy atom. The van der Waals surface area contributed by atoms with E-state index in [1.807, 2.05) is 6.07 Å². The van der Waals surface area contributed by atoms with Crippen LogP contribution < -0.4 is 10.6 Å². The number of carbonyl (C=O) groups is 1. The third kappa shape index (κ3) is 3.85. The fraction of sp³-hybridized carbons (Fsp3) is 0.611. The predicted molar refractivity (Wildman–Crippen MR) is 84.9 cm³/mol. The van der Waals surface area contributed by atoms with Crippen LogP contribution in [0.4, 0.5) is 0 Å². The van der Waals surface area contributed by atoms with Crippen molar-refractivity contribution in [3.63, 3.8) is 0 Å². The van der Waals surface area contributed by atoms with E-state index in [1.165, 1.54) is 24.8 Å². The molecule has 3 rings (SSSR count). The second kappa shape index (κ2) is 7.08. The van der Waals surface area contributed by atoms with Crippen molar-refractivity contribution in [2.45, 2.75) is 44.6 Å². The molecule has 0 bridgehead atoms. The maximum absolute atomic E-state index is 12.5. The lowest BCUT2D eigenvalue weighted by Crippen LogP contribution is -2.40. The molecule has 2 aliphatic rings. The third-order valence-electron chi connectivity index (χ3n) is 5.02. The first-order valence-corrected chi connectivity index (χ1v) is 8.39. The van der Waals surface area contributed by atoms with Gasteiger partial charge in [0, 0.05) is 5.92 Å². The van der Waals surface area contributed by atoms with Crippen molar-refractivity contribution in [1.82, 2.24) is 10.6 Å². The standard InChI is InChI=1S/C18H26N2O/c21-18(16-9-11-19-12-10-16)20-17(13-14-5-4-6-14)15-7-2-1-3-8-15/h1-3,7-8,14,16-17,19H,4-6,9-13H2,(H,20,21). The minimum atomic E-state index is 0.193. The normalized spacial score (nSPS) is 21.5. The molecule has 1 unspecified atom stereocenters. The molecule has 1 aromatic carbocycles. The molecule has 1 heterocycles. The number of amides is 1. The molecule has 3 heteroatoms. The van der Waals surface area contributed by atoms with Gasteiger partial charge in [0.05, 0.1) is 6.04 Å². The first kappa shape index (κ1) is 14.6. The zero-order valence-corrected chi connectivity index (χ0v) is 12.7. The van der Waals surface area contributed by atoms with Crippen molar-refractivity contribution in [3.8, 4) is 0 Å². The summed E-state index contributed by atoms with van der Waals surface area (Å²) in [6.07, 6.45) is 7.04. The summed E-state index contributed by atoms with van der Waals surface area (Å²) in [6, 6.07) is 10.7. The summed E-state index contributed by atoms with van der Waals surface area (Å²) in [5.74, 6) is 1.24. The lowest BCUT2D eigenvalue weighted by Gasteiger charge is -2.32. The zero-order chi connectivity index (χ0) is 14.5. The van der Waals surface area contributed by atoms with E-state index in [-0.39, 0.29) is 17.9 Å². The van der Waals surface area contributed by atoms with Gasteiger partial charge in [-0.25, -0.2) is 0 Å². The molecule has 21 heavy (non-hydrogen) atoms. The average Bonchev–Trinajstić information content (AvgIpc) is 2.51. The van der Waals surface area contributed by atoms with Crippen molar-refractivity contribution in [2.75, 3.05) is 13.1 Å². The van der Waals surface area contributed by atoms with Crippen LogP contribution in [-0.4, -0.2) is 19.0 Å². The quantitative estimate of drug-likeness (QED) is 0.873. The summed E-state index contributed by atoms with van der Waals surface area (Å²) in [5, 5.41) is 6.66. The summed E-state index contributed by atoms with van der Waals surface area (Å²) in [6.45, 7) is 1.94. The molecule has 2 N–H and O–H groups in total.